The number of piperidine rings is 1. The Balaban J connectivity index is 1.44. The number of fused-ring (bicyclic) bond motifs is 4. The van der Waals surface area contributed by atoms with Gasteiger partial charge in [-0.15, -0.1) is 11.3 Å². The quantitative estimate of drug-likeness (QED) is 0.259. The fraction of sp³-hybridized carbons (Fsp3) is 0.240. The van der Waals surface area contributed by atoms with Gasteiger partial charge in [-0.2, -0.15) is 0 Å². The molecule has 1 N–H and O–H groups in total. The SMILES string of the molecule is O=C(NC(=Cc1cc(Br)cs1)C(=O)N1CC2CC(C1)c1cccc(=O)n1C2)c1ccc(Cl)c([N+](=O)[O-])c1. The summed E-state index contributed by atoms with van der Waals surface area (Å²) in [6.45, 7) is 1.39. The summed E-state index contributed by atoms with van der Waals surface area (Å²) in [6, 6.07) is 10.8. The fourth-order valence-corrected chi connectivity index (χ4v) is 6.48. The summed E-state index contributed by atoms with van der Waals surface area (Å²) in [4.78, 5) is 52.2. The van der Waals surface area contributed by atoms with Crippen molar-refractivity contribution in [2.75, 3.05) is 13.1 Å². The summed E-state index contributed by atoms with van der Waals surface area (Å²) in [6.07, 6.45) is 2.48. The van der Waals surface area contributed by atoms with E-state index in [2.05, 4.69) is 21.2 Å². The Bertz CT molecular complexity index is 1520. The van der Waals surface area contributed by atoms with Gasteiger partial charge < -0.3 is 14.8 Å². The van der Waals surface area contributed by atoms with Crippen molar-refractivity contribution in [3.8, 4) is 0 Å². The summed E-state index contributed by atoms with van der Waals surface area (Å²) >= 11 is 10.7. The van der Waals surface area contributed by atoms with Crippen LogP contribution >= 0.6 is 38.9 Å². The minimum atomic E-state index is -0.667. The molecular formula is C25H20BrClN4O5S. The molecule has 0 aliphatic carbocycles. The van der Waals surface area contributed by atoms with Crippen LogP contribution in [-0.4, -0.2) is 39.3 Å². The first-order chi connectivity index (χ1) is 17.7. The van der Waals surface area contributed by atoms with Gasteiger partial charge in [-0.1, -0.05) is 17.7 Å². The van der Waals surface area contributed by atoms with E-state index in [1.807, 2.05) is 17.5 Å². The number of hydrogen-bond acceptors (Lipinski definition) is 6. The highest BCUT2D eigenvalue weighted by Crippen LogP contribution is 2.35. The number of nitrogens with zero attached hydrogens (tertiary/aromatic N) is 3. The highest BCUT2D eigenvalue weighted by molar-refractivity contribution is 9.10. The smallest absolute Gasteiger partial charge is 0.288 e. The van der Waals surface area contributed by atoms with Crippen LogP contribution in [0.15, 0.2) is 62.8 Å². The van der Waals surface area contributed by atoms with Gasteiger partial charge in [0.15, 0.2) is 0 Å². The molecular weight excluding hydrogens is 584 g/mol. The van der Waals surface area contributed by atoms with Crippen LogP contribution in [-0.2, 0) is 11.3 Å². The lowest BCUT2D eigenvalue weighted by atomic mass is 9.83. The van der Waals surface area contributed by atoms with Crippen LogP contribution in [0.3, 0.4) is 0 Å². The van der Waals surface area contributed by atoms with Crippen LogP contribution in [0, 0.1) is 16.0 Å². The second kappa shape index (κ2) is 10.2. The van der Waals surface area contributed by atoms with Crippen molar-refractivity contribution < 1.29 is 14.5 Å². The molecule has 0 radical (unpaired) electrons. The molecule has 190 valence electrons. The maximum Gasteiger partial charge on any atom is 0.288 e. The third kappa shape index (κ3) is 5.25. The van der Waals surface area contributed by atoms with Crippen molar-refractivity contribution in [3.63, 3.8) is 0 Å². The zero-order chi connectivity index (χ0) is 26.3. The molecule has 9 nitrogen and oxygen atoms in total. The van der Waals surface area contributed by atoms with Gasteiger partial charge in [0.05, 0.1) is 4.92 Å². The number of likely N-dealkylation sites (tertiary alicyclic amines) is 1. The predicted molar refractivity (Wildman–Crippen MR) is 144 cm³/mol. The van der Waals surface area contributed by atoms with E-state index in [-0.39, 0.29) is 39.6 Å². The number of thiophene rings is 1. The maximum absolute atomic E-state index is 13.8. The van der Waals surface area contributed by atoms with Gasteiger partial charge in [0.25, 0.3) is 23.1 Å². The topological polar surface area (TPSA) is 115 Å². The zero-order valence-electron chi connectivity index (χ0n) is 19.2. The highest BCUT2D eigenvalue weighted by Gasteiger charge is 2.37. The van der Waals surface area contributed by atoms with Crippen LogP contribution in [0.4, 0.5) is 5.69 Å². The average molecular weight is 604 g/mol. The van der Waals surface area contributed by atoms with Crippen molar-refractivity contribution in [1.82, 2.24) is 14.8 Å². The predicted octanol–water partition coefficient (Wildman–Crippen LogP) is 4.65. The largest absolute Gasteiger partial charge is 0.336 e. The van der Waals surface area contributed by atoms with Crippen LogP contribution in [0.2, 0.25) is 5.02 Å². The molecule has 12 heteroatoms. The molecule has 0 spiro atoms. The van der Waals surface area contributed by atoms with Crippen LogP contribution < -0.4 is 10.9 Å². The normalized spacial score (nSPS) is 18.8. The van der Waals surface area contributed by atoms with E-state index in [1.54, 1.807) is 27.7 Å². The van der Waals surface area contributed by atoms with Crippen molar-refractivity contribution in [2.45, 2.75) is 18.9 Å². The Morgan fingerprint density at radius 3 is 2.73 bits per heavy atom. The Morgan fingerprint density at radius 2 is 2.00 bits per heavy atom. The van der Waals surface area contributed by atoms with E-state index in [0.717, 1.165) is 27.5 Å². The molecule has 2 bridgehead atoms. The van der Waals surface area contributed by atoms with Gasteiger partial charge in [-0.3, -0.25) is 24.5 Å². The molecule has 2 amide bonds. The number of pyridine rings is 1. The molecule has 0 saturated carbocycles. The first-order valence-corrected chi connectivity index (χ1v) is 13.4. The summed E-state index contributed by atoms with van der Waals surface area (Å²) in [5.41, 5.74) is 0.533. The molecule has 1 fully saturated rings. The van der Waals surface area contributed by atoms with Gasteiger partial charge in [0, 0.05) is 63.7 Å². The lowest BCUT2D eigenvalue weighted by molar-refractivity contribution is -0.384. The molecule has 2 aliphatic heterocycles. The molecule has 1 aromatic carbocycles. The lowest BCUT2D eigenvalue weighted by Gasteiger charge is -2.43. The number of halogens is 2. The molecule has 2 atom stereocenters. The summed E-state index contributed by atoms with van der Waals surface area (Å²) in [5.74, 6) is -0.897. The standard InChI is InChI=1S/C25H20BrClN4O5S/c26-17-8-18(37-13-17)9-20(28-24(33)15-4-5-19(27)22(7-15)31(35)36)25(34)29-10-14-6-16(12-29)21-2-1-3-23(32)30(21)11-14/h1-5,7-9,13-14,16H,6,10-12H2,(H,28,33). The summed E-state index contributed by atoms with van der Waals surface area (Å²) in [5, 5.41) is 15.7. The molecule has 2 aliphatic rings. The Kier molecular flexibility index (Phi) is 7.02. The summed E-state index contributed by atoms with van der Waals surface area (Å²) < 4.78 is 2.63. The minimum absolute atomic E-state index is 0.00553. The van der Waals surface area contributed by atoms with Gasteiger partial charge in [-0.25, -0.2) is 0 Å². The number of nitro groups is 1. The summed E-state index contributed by atoms with van der Waals surface area (Å²) in [7, 11) is 0. The number of hydrogen-bond donors (Lipinski definition) is 1. The van der Waals surface area contributed by atoms with Crippen LogP contribution in [0.1, 0.15) is 33.3 Å². The molecule has 5 rings (SSSR count). The van der Waals surface area contributed by atoms with Crippen molar-refractivity contribution in [2.24, 2.45) is 5.92 Å². The van der Waals surface area contributed by atoms with E-state index < -0.39 is 16.5 Å². The van der Waals surface area contributed by atoms with Gasteiger partial charge in [0.2, 0.25) is 0 Å². The van der Waals surface area contributed by atoms with E-state index >= 15 is 0 Å². The number of nitro benzene ring substituents is 1. The number of carbonyl (C=O) groups excluding carboxylic acids is 2. The molecule has 2 unspecified atom stereocenters. The first kappa shape index (κ1) is 25.4. The number of amides is 2. The fourth-order valence-electron chi connectivity index (χ4n) is 4.92. The number of rotatable bonds is 5. The second-order valence-corrected chi connectivity index (χ2v) is 11.3. The molecule has 37 heavy (non-hydrogen) atoms. The van der Waals surface area contributed by atoms with Crippen LogP contribution in [0.25, 0.3) is 6.08 Å². The van der Waals surface area contributed by atoms with E-state index in [0.29, 0.717) is 19.6 Å². The van der Waals surface area contributed by atoms with E-state index in [1.165, 1.54) is 23.5 Å². The third-order valence-electron chi connectivity index (χ3n) is 6.52. The lowest BCUT2D eigenvalue weighted by Crippen LogP contribution is -2.50. The monoisotopic (exact) mass is 602 g/mol. The average Bonchev–Trinajstić information content (AvgIpc) is 3.28. The Hall–Kier alpha value is -3.28. The number of carbonyl (C=O) groups is 2. The Labute approximate surface area is 228 Å². The Morgan fingerprint density at radius 1 is 1.19 bits per heavy atom. The van der Waals surface area contributed by atoms with Crippen molar-refractivity contribution >= 4 is 62.4 Å². The van der Waals surface area contributed by atoms with Crippen LogP contribution in [0.5, 0.6) is 0 Å². The second-order valence-electron chi connectivity index (χ2n) is 9.01. The maximum atomic E-state index is 13.8. The van der Waals surface area contributed by atoms with E-state index in [4.69, 9.17) is 11.6 Å². The first-order valence-electron chi connectivity index (χ1n) is 11.4. The van der Waals surface area contributed by atoms with Gasteiger partial charge in [0.1, 0.15) is 10.7 Å². The van der Waals surface area contributed by atoms with Gasteiger partial charge >= 0.3 is 0 Å². The van der Waals surface area contributed by atoms with Gasteiger partial charge in [-0.05, 0) is 58.6 Å². The highest BCUT2D eigenvalue weighted by atomic mass is 79.9. The molecule has 4 heterocycles. The number of aromatic nitrogens is 1. The molecule has 1 saturated heterocycles. The third-order valence-corrected chi connectivity index (χ3v) is 8.49. The molecule has 2 aromatic heterocycles. The number of benzene rings is 1. The van der Waals surface area contributed by atoms with E-state index in [9.17, 15) is 24.5 Å². The van der Waals surface area contributed by atoms with Crippen molar-refractivity contribution in [3.05, 3.63) is 99.6 Å². The molecule has 3 aromatic rings. The number of nitrogens with one attached hydrogen (secondary N) is 1. The minimum Gasteiger partial charge on any atom is -0.336 e. The zero-order valence-corrected chi connectivity index (χ0v) is 22.4. The van der Waals surface area contributed by atoms with Crippen molar-refractivity contribution in [1.29, 1.82) is 0 Å².